The number of ether oxygens (including phenoxy) is 1. The molecule has 0 aliphatic carbocycles. The van der Waals surface area contributed by atoms with Gasteiger partial charge in [-0.2, -0.15) is 0 Å². The fourth-order valence-electron chi connectivity index (χ4n) is 2.70. The minimum Gasteiger partial charge on any atom is -0.378 e. The van der Waals surface area contributed by atoms with E-state index in [0.29, 0.717) is 12.3 Å². The van der Waals surface area contributed by atoms with Crippen molar-refractivity contribution in [2.24, 2.45) is 5.73 Å². The molecular formula is C18H29ClN2O2S. The number of carbonyl (C=O) groups is 1. The van der Waals surface area contributed by atoms with E-state index in [1.807, 2.05) is 4.90 Å². The molecule has 0 saturated carbocycles. The molecular weight excluding hydrogens is 344 g/mol. The van der Waals surface area contributed by atoms with Gasteiger partial charge in [-0.05, 0) is 51.3 Å². The van der Waals surface area contributed by atoms with Crippen molar-refractivity contribution in [2.75, 3.05) is 32.0 Å². The van der Waals surface area contributed by atoms with E-state index in [4.69, 9.17) is 10.5 Å². The standard InChI is InChI=1S/C18H28N2O2S.ClH/c1-14-4-5-15(2)17(12-14)23-13-18(21)20-9-6-16(7-10-20)22-11-3-8-19;/h4-5,12,16H,3,6-11,13,19H2,1-2H3;1H. The maximum absolute atomic E-state index is 12.4. The van der Waals surface area contributed by atoms with Crippen LogP contribution in [0.15, 0.2) is 23.1 Å². The van der Waals surface area contributed by atoms with E-state index in [0.717, 1.165) is 39.0 Å². The Balaban J connectivity index is 0.00000288. The van der Waals surface area contributed by atoms with E-state index in [2.05, 4.69) is 32.0 Å². The van der Waals surface area contributed by atoms with Crippen LogP contribution in [-0.2, 0) is 9.53 Å². The molecule has 6 heteroatoms. The normalized spacial score (nSPS) is 15.2. The molecule has 0 unspecified atom stereocenters. The first-order valence-corrected chi connectivity index (χ1v) is 9.38. The van der Waals surface area contributed by atoms with Gasteiger partial charge in [0, 0.05) is 24.6 Å². The summed E-state index contributed by atoms with van der Waals surface area (Å²) < 4.78 is 5.79. The van der Waals surface area contributed by atoms with E-state index >= 15 is 0 Å². The average Bonchev–Trinajstić information content (AvgIpc) is 2.56. The molecule has 1 aliphatic heterocycles. The van der Waals surface area contributed by atoms with Crippen molar-refractivity contribution in [3.8, 4) is 0 Å². The highest BCUT2D eigenvalue weighted by atomic mass is 35.5. The molecule has 4 nitrogen and oxygen atoms in total. The number of rotatable bonds is 7. The smallest absolute Gasteiger partial charge is 0.232 e. The van der Waals surface area contributed by atoms with Gasteiger partial charge >= 0.3 is 0 Å². The number of thioether (sulfide) groups is 1. The van der Waals surface area contributed by atoms with Gasteiger partial charge in [0.25, 0.3) is 0 Å². The van der Waals surface area contributed by atoms with Crippen molar-refractivity contribution in [3.05, 3.63) is 29.3 Å². The van der Waals surface area contributed by atoms with Crippen LogP contribution in [-0.4, -0.2) is 48.9 Å². The third kappa shape index (κ3) is 6.63. The fraction of sp³-hybridized carbons (Fsp3) is 0.611. The Morgan fingerprint density at radius 1 is 1.33 bits per heavy atom. The van der Waals surface area contributed by atoms with E-state index in [9.17, 15) is 4.79 Å². The molecule has 2 rings (SSSR count). The van der Waals surface area contributed by atoms with Gasteiger partial charge in [0.15, 0.2) is 0 Å². The molecule has 0 atom stereocenters. The van der Waals surface area contributed by atoms with Crippen LogP contribution in [0.2, 0.25) is 0 Å². The van der Waals surface area contributed by atoms with Crippen LogP contribution in [0, 0.1) is 13.8 Å². The van der Waals surface area contributed by atoms with Gasteiger partial charge in [-0.25, -0.2) is 0 Å². The third-order valence-corrected chi connectivity index (χ3v) is 5.33. The van der Waals surface area contributed by atoms with Crippen molar-refractivity contribution in [3.63, 3.8) is 0 Å². The summed E-state index contributed by atoms with van der Waals surface area (Å²) in [5.74, 6) is 0.750. The number of halogens is 1. The minimum atomic E-state index is 0. The molecule has 1 saturated heterocycles. The average molecular weight is 373 g/mol. The van der Waals surface area contributed by atoms with Crippen molar-refractivity contribution >= 4 is 30.1 Å². The zero-order valence-electron chi connectivity index (χ0n) is 14.6. The monoisotopic (exact) mass is 372 g/mol. The zero-order chi connectivity index (χ0) is 16.7. The minimum absolute atomic E-state index is 0. The zero-order valence-corrected chi connectivity index (χ0v) is 16.3. The van der Waals surface area contributed by atoms with Crippen LogP contribution in [0.3, 0.4) is 0 Å². The number of carbonyl (C=O) groups excluding carboxylic acids is 1. The summed E-state index contributed by atoms with van der Waals surface area (Å²) in [5.41, 5.74) is 7.95. The molecule has 136 valence electrons. The van der Waals surface area contributed by atoms with Gasteiger partial charge in [0.2, 0.25) is 5.91 Å². The Bertz CT molecular complexity index is 520. The lowest BCUT2D eigenvalue weighted by molar-refractivity contribution is -0.130. The Hall–Kier alpha value is -0.750. The molecule has 24 heavy (non-hydrogen) atoms. The highest BCUT2D eigenvalue weighted by molar-refractivity contribution is 8.00. The molecule has 0 aromatic heterocycles. The van der Waals surface area contributed by atoms with Gasteiger partial charge in [-0.1, -0.05) is 17.7 Å². The predicted molar refractivity (Wildman–Crippen MR) is 103 cm³/mol. The molecule has 1 aromatic carbocycles. The summed E-state index contributed by atoms with van der Waals surface area (Å²) >= 11 is 1.64. The molecule has 1 heterocycles. The van der Waals surface area contributed by atoms with Crippen LogP contribution in [0.1, 0.15) is 30.4 Å². The molecule has 1 aliphatic rings. The lowest BCUT2D eigenvalue weighted by atomic mass is 10.1. The number of nitrogens with zero attached hydrogens (tertiary/aromatic N) is 1. The molecule has 0 radical (unpaired) electrons. The van der Waals surface area contributed by atoms with Crippen molar-refractivity contribution in [1.82, 2.24) is 4.90 Å². The van der Waals surface area contributed by atoms with E-state index in [1.165, 1.54) is 16.0 Å². The van der Waals surface area contributed by atoms with Crippen LogP contribution in [0.25, 0.3) is 0 Å². The number of benzene rings is 1. The second-order valence-electron chi connectivity index (χ2n) is 6.15. The third-order valence-electron chi connectivity index (χ3n) is 4.19. The van der Waals surface area contributed by atoms with Crippen molar-refractivity contribution in [2.45, 2.75) is 44.1 Å². The highest BCUT2D eigenvalue weighted by Crippen LogP contribution is 2.24. The Labute approximate surface area is 155 Å². The van der Waals surface area contributed by atoms with E-state index in [1.54, 1.807) is 11.8 Å². The number of piperidine rings is 1. The predicted octanol–water partition coefficient (Wildman–Crippen LogP) is 3.17. The topological polar surface area (TPSA) is 55.6 Å². The van der Waals surface area contributed by atoms with Gasteiger partial charge in [-0.15, -0.1) is 24.2 Å². The summed E-state index contributed by atoms with van der Waals surface area (Å²) in [6.45, 7) is 7.20. The van der Waals surface area contributed by atoms with Gasteiger partial charge in [0.05, 0.1) is 11.9 Å². The summed E-state index contributed by atoms with van der Waals surface area (Å²) in [6, 6.07) is 6.38. The first kappa shape index (κ1) is 21.3. The van der Waals surface area contributed by atoms with Crippen LogP contribution >= 0.6 is 24.2 Å². The fourth-order valence-corrected chi connectivity index (χ4v) is 3.73. The maximum atomic E-state index is 12.4. The SMILES string of the molecule is Cc1ccc(C)c(SCC(=O)N2CCC(OCCCN)CC2)c1.Cl. The second-order valence-corrected chi connectivity index (χ2v) is 7.17. The largest absolute Gasteiger partial charge is 0.378 e. The van der Waals surface area contributed by atoms with Crippen molar-refractivity contribution < 1.29 is 9.53 Å². The lowest BCUT2D eigenvalue weighted by Crippen LogP contribution is -2.41. The van der Waals surface area contributed by atoms with Crippen molar-refractivity contribution in [1.29, 1.82) is 0 Å². The van der Waals surface area contributed by atoms with Gasteiger partial charge in [0.1, 0.15) is 0 Å². The van der Waals surface area contributed by atoms with E-state index < -0.39 is 0 Å². The van der Waals surface area contributed by atoms with E-state index in [-0.39, 0.29) is 24.4 Å². The number of aryl methyl sites for hydroxylation is 2. The maximum Gasteiger partial charge on any atom is 0.232 e. The molecule has 1 aromatic rings. The van der Waals surface area contributed by atoms with Gasteiger partial charge in [-0.3, -0.25) is 4.79 Å². The molecule has 0 bridgehead atoms. The quantitative estimate of drug-likeness (QED) is 0.590. The summed E-state index contributed by atoms with van der Waals surface area (Å²) in [5, 5.41) is 0. The second kappa shape index (κ2) is 11.0. The number of likely N-dealkylation sites (tertiary alicyclic amines) is 1. The number of hydrogen-bond acceptors (Lipinski definition) is 4. The highest BCUT2D eigenvalue weighted by Gasteiger charge is 2.23. The number of nitrogens with two attached hydrogens (primary N) is 1. The number of amides is 1. The van der Waals surface area contributed by atoms with Crippen LogP contribution in [0.5, 0.6) is 0 Å². The first-order chi connectivity index (χ1) is 11.1. The number of hydrogen-bond donors (Lipinski definition) is 1. The molecule has 2 N–H and O–H groups in total. The Morgan fingerprint density at radius 3 is 2.71 bits per heavy atom. The van der Waals surface area contributed by atoms with Crippen LogP contribution in [0.4, 0.5) is 0 Å². The Kier molecular flexibility index (Phi) is 9.74. The van der Waals surface area contributed by atoms with Gasteiger partial charge < -0.3 is 15.4 Å². The molecule has 0 spiro atoms. The molecule has 1 fully saturated rings. The summed E-state index contributed by atoms with van der Waals surface area (Å²) in [6.07, 6.45) is 3.07. The lowest BCUT2D eigenvalue weighted by Gasteiger charge is -2.32. The summed E-state index contributed by atoms with van der Waals surface area (Å²) in [7, 11) is 0. The Morgan fingerprint density at radius 2 is 2.04 bits per heavy atom. The first-order valence-electron chi connectivity index (χ1n) is 8.39. The van der Waals surface area contributed by atoms with Crippen LogP contribution < -0.4 is 5.73 Å². The summed E-state index contributed by atoms with van der Waals surface area (Å²) in [4.78, 5) is 15.6. The molecule has 1 amide bonds.